The van der Waals surface area contributed by atoms with Crippen LogP contribution in [0.3, 0.4) is 0 Å². The largest absolute Gasteiger partial charge is 0.379 e. The van der Waals surface area contributed by atoms with Crippen molar-refractivity contribution in [3.05, 3.63) is 41.1 Å². The predicted octanol–water partition coefficient (Wildman–Crippen LogP) is 5.41. The predicted molar refractivity (Wildman–Crippen MR) is 142 cm³/mol. The molecule has 6 rings (SSSR count). The zero-order chi connectivity index (χ0) is 24.5. The van der Waals surface area contributed by atoms with E-state index >= 15 is 0 Å². The number of rotatable bonds is 5. The molecule has 8 nitrogen and oxygen atoms in total. The van der Waals surface area contributed by atoms with E-state index in [2.05, 4.69) is 31.8 Å². The number of nitrogens with zero attached hydrogens (tertiary/aromatic N) is 6. The molecule has 1 aliphatic carbocycles. The lowest BCUT2D eigenvalue weighted by Gasteiger charge is -2.34. The molecule has 0 aromatic carbocycles. The van der Waals surface area contributed by atoms with Crippen LogP contribution in [0.1, 0.15) is 56.3 Å². The fourth-order valence-corrected chi connectivity index (χ4v) is 6.70. The van der Waals surface area contributed by atoms with E-state index in [0.29, 0.717) is 22.8 Å². The average molecular weight is 524 g/mol. The van der Waals surface area contributed by atoms with Crippen LogP contribution in [0.5, 0.6) is 0 Å². The van der Waals surface area contributed by atoms with Crippen molar-refractivity contribution in [1.82, 2.24) is 34.8 Å². The highest BCUT2D eigenvalue weighted by atomic mass is 35.5. The third kappa shape index (κ3) is 4.81. The van der Waals surface area contributed by atoms with Crippen molar-refractivity contribution in [1.29, 1.82) is 0 Å². The molecule has 5 heterocycles. The van der Waals surface area contributed by atoms with Gasteiger partial charge in [0, 0.05) is 54.2 Å². The number of hydrogen-bond acceptors (Lipinski definition) is 8. The Morgan fingerprint density at radius 3 is 2.81 bits per heavy atom. The molecule has 4 aromatic heterocycles. The minimum atomic E-state index is 0.361. The third-order valence-electron chi connectivity index (χ3n) is 7.42. The number of morpholine rings is 1. The van der Waals surface area contributed by atoms with E-state index in [1.165, 1.54) is 31.0 Å². The molecule has 2 unspecified atom stereocenters. The highest BCUT2D eigenvalue weighted by Gasteiger charge is 2.29. The summed E-state index contributed by atoms with van der Waals surface area (Å²) in [5, 5.41) is 2.47. The molecule has 0 amide bonds. The Morgan fingerprint density at radius 2 is 1.94 bits per heavy atom. The summed E-state index contributed by atoms with van der Waals surface area (Å²) in [5.74, 6) is 0.361. The van der Waals surface area contributed by atoms with Gasteiger partial charge in [0.25, 0.3) is 0 Å². The SMILES string of the molecule is CCc1[nH]c2nc(Sc3cnc4nccnc4c3)nc(C3CCCC(N4CCOCC4)CC3)c2c1Cl. The first-order valence-electron chi connectivity index (χ1n) is 12.8. The van der Waals surface area contributed by atoms with Crippen LogP contribution in [0.15, 0.2) is 34.7 Å². The maximum absolute atomic E-state index is 6.89. The summed E-state index contributed by atoms with van der Waals surface area (Å²) in [6, 6.07) is 2.62. The molecular formula is C26H30ClN7OS. The number of pyridine rings is 1. The van der Waals surface area contributed by atoms with Gasteiger partial charge in [0.05, 0.1) is 29.3 Å². The van der Waals surface area contributed by atoms with Crippen LogP contribution in [0.2, 0.25) is 5.02 Å². The molecule has 4 aromatic rings. The second kappa shape index (κ2) is 10.6. The van der Waals surface area contributed by atoms with Gasteiger partial charge in [0.2, 0.25) is 0 Å². The summed E-state index contributed by atoms with van der Waals surface area (Å²) in [6.07, 6.45) is 11.8. The molecule has 2 atom stereocenters. The number of fused-ring (bicyclic) bond motifs is 2. The Kier molecular flexibility index (Phi) is 7.06. The number of halogens is 1. The molecule has 1 saturated carbocycles. The van der Waals surface area contributed by atoms with E-state index in [-0.39, 0.29) is 0 Å². The van der Waals surface area contributed by atoms with E-state index < -0.39 is 0 Å². The Balaban J connectivity index is 1.33. The Labute approximate surface area is 219 Å². The van der Waals surface area contributed by atoms with Crippen LogP contribution in [0, 0.1) is 0 Å². The minimum absolute atomic E-state index is 0.361. The van der Waals surface area contributed by atoms with Gasteiger partial charge in [-0.15, -0.1) is 0 Å². The quantitative estimate of drug-likeness (QED) is 0.274. The zero-order valence-electron chi connectivity index (χ0n) is 20.4. The van der Waals surface area contributed by atoms with Crippen LogP contribution < -0.4 is 0 Å². The highest BCUT2D eigenvalue weighted by Crippen LogP contribution is 2.40. The molecule has 0 spiro atoms. The molecule has 36 heavy (non-hydrogen) atoms. The molecule has 1 aliphatic heterocycles. The second-order valence-electron chi connectivity index (χ2n) is 9.57. The number of hydrogen-bond donors (Lipinski definition) is 1. The van der Waals surface area contributed by atoms with Crippen LogP contribution >= 0.6 is 23.4 Å². The van der Waals surface area contributed by atoms with Crippen LogP contribution in [-0.2, 0) is 11.2 Å². The van der Waals surface area contributed by atoms with Gasteiger partial charge in [0.1, 0.15) is 11.2 Å². The Bertz CT molecular complexity index is 1370. The summed E-state index contributed by atoms with van der Waals surface area (Å²) in [6.45, 7) is 5.89. The summed E-state index contributed by atoms with van der Waals surface area (Å²) in [5.41, 5.74) is 4.33. The summed E-state index contributed by atoms with van der Waals surface area (Å²) in [4.78, 5) is 30.2. The van der Waals surface area contributed by atoms with Crippen LogP contribution in [0.4, 0.5) is 0 Å². The first kappa shape index (κ1) is 24.0. The molecule has 2 aliphatic rings. The molecule has 0 radical (unpaired) electrons. The molecule has 0 bridgehead atoms. The fraction of sp³-hybridized carbons (Fsp3) is 0.500. The van der Waals surface area contributed by atoms with E-state index in [1.807, 2.05) is 12.3 Å². The van der Waals surface area contributed by atoms with E-state index in [1.54, 1.807) is 12.4 Å². The summed E-state index contributed by atoms with van der Waals surface area (Å²) >= 11 is 8.39. The second-order valence-corrected chi connectivity index (χ2v) is 11.0. The van der Waals surface area contributed by atoms with Crippen molar-refractivity contribution in [2.45, 2.75) is 67.5 Å². The molecule has 2 fully saturated rings. The normalized spacial score (nSPS) is 21.7. The monoisotopic (exact) mass is 523 g/mol. The number of nitrogens with one attached hydrogen (secondary N) is 1. The molecule has 188 valence electrons. The van der Waals surface area contributed by atoms with Gasteiger partial charge < -0.3 is 9.72 Å². The first-order chi connectivity index (χ1) is 17.7. The lowest BCUT2D eigenvalue weighted by Crippen LogP contribution is -2.43. The Hall–Kier alpha value is -2.33. The number of ether oxygens (including phenoxy) is 1. The first-order valence-corrected chi connectivity index (χ1v) is 14.0. The van der Waals surface area contributed by atoms with Crippen molar-refractivity contribution in [3.63, 3.8) is 0 Å². The van der Waals surface area contributed by atoms with Gasteiger partial charge in [-0.2, -0.15) is 0 Å². The van der Waals surface area contributed by atoms with Crippen molar-refractivity contribution < 1.29 is 4.74 Å². The summed E-state index contributed by atoms with van der Waals surface area (Å²) in [7, 11) is 0. The third-order valence-corrected chi connectivity index (χ3v) is 8.66. The van der Waals surface area contributed by atoms with Gasteiger partial charge in [-0.25, -0.2) is 19.9 Å². The average Bonchev–Trinajstić information content (AvgIpc) is 3.07. The van der Waals surface area contributed by atoms with Crippen LogP contribution in [-0.4, -0.2) is 67.1 Å². The smallest absolute Gasteiger partial charge is 0.194 e. The lowest BCUT2D eigenvalue weighted by atomic mass is 9.94. The molecule has 10 heteroatoms. The zero-order valence-corrected chi connectivity index (χ0v) is 22.0. The minimum Gasteiger partial charge on any atom is -0.379 e. The van der Waals surface area contributed by atoms with Crippen molar-refractivity contribution in [2.24, 2.45) is 0 Å². The lowest BCUT2D eigenvalue weighted by molar-refractivity contribution is 0.0133. The van der Waals surface area contributed by atoms with E-state index in [9.17, 15) is 0 Å². The maximum atomic E-state index is 6.89. The fourth-order valence-electron chi connectivity index (χ4n) is 5.56. The van der Waals surface area contributed by atoms with E-state index in [0.717, 1.165) is 83.4 Å². The highest BCUT2D eigenvalue weighted by molar-refractivity contribution is 7.99. The number of H-pyrrole nitrogens is 1. The Morgan fingerprint density at radius 1 is 1.08 bits per heavy atom. The van der Waals surface area contributed by atoms with Gasteiger partial charge >= 0.3 is 0 Å². The van der Waals surface area contributed by atoms with Gasteiger partial charge in [-0.3, -0.25) is 9.88 Å². The molecule has 1 saturated heterocycles. The standard InChI is InChI=1S/C26H30ClN7OS/c1-2-19-22(27)21-23(16-4-3-5-17(7-6-16)34-10-12-35-13-11-34)32-26(33-25(21)31-19)36-18-14-20-24(30-15-18)29-9-8-28-20/h8-9,14-17H,2-7,10-13H2,1H3,(H,31,32,33). The van der Waals surface area contributed by atoms with E-state index in [4.69, 9.17) is 26.3 Å². The number of aromatic amines is 1. The molecule has 1 N–H and O–H groups in total. The van der Waals surface area contributed by atoms with Crippen molar-refractivity contribution in [3.8, 4) is 0 Å². The topological polar surface area (TPSA) is 92.7 Å². The van der Waals surface area contributed by atoms with Crippen LogP contribution in [0.25, 0.3) is 22.2 Å². The van der Waals surface area contributed by atoms with Gasteiger partial charge in [-0.05, 0) is 49.9 Å². The maximum Gasteiger partial charge on any atom is 0.194 e. The summed E-state index contributed by atoms with van der Waals surface area (Å²) < 4.78 is 5.58. The number of aromatic nitrogens is 6. The molecular weight excluding hydrogens is 494 g/mol. The number of aryl methyl sites for hydroxylation is 1. The van der Waals surface area contributed by atoms with Crippen molar-refractivity contribution in [2.75, 3.05) is 26.3 Å². The van der Waals surface area contributed by atoms with Gasteiger partial charge in [-0.1, -0.05) is 24.9 Å². The van der Waals surface area contributed by atoms with Gasteiger partial charge in [0.15, 0.2) is 10.8 Å². The van der Waals surface area contributed by atoms with Crippen molar-refractivity contribution >= 4 is 45.6 Å².